The van der Waals surface area contributed by atoms with Gasteiger partial charge in [-0.15, -0.1) is 0 Å². The summed E-state index contributed by atoms with van der Waals surface area (Å²) in [6, 6.07) is 7.27. The van der Waals surface area contributed by atoms with Gasteiger partial charge >= 0.3 is 0 Å². The first-order valence-corrected chi connectivity index (χ1v) is 12.0. The maximum Gasteiger partial charge on any atom is 0.240 e. The zero-order valence-corrected chi connectivity index (χ0v) is 17.9. The van der Waals surface area contributed by atoms with Gasteiger partial charge in [0.2, 0.25) is 5.91 Å². The van der Waals surface area contributed by atoms with Crippen LogP contribution in [0.3, 0.4) is 0 Å². The number of aryl methyl sites for hydroxylation is 1. The van der Waals surface area contributed by atoms with Crippen LogP contribution >= 0.6 is 12.2 Å². The third kappa shape index (κ3) is 4.44. The lowest BCUT2D eigenvalue weighted by atomic mass is 10.1. The second-order valence-electron chi connectivity index (χ2n) is 7.87. The highest BCUT2D eigenvalue weighted by atomic mass is 32.2. The average Bonchev–Trinajstić information content (AvgIpc) is 3.37. The molecule has 4 rings (SSSR count). The van der Waals surface area contributed by atoms with Crippen LogP contribution < -0.4 is 5.32 Å². The Morgan fingerprint density at radius 3 is 2.62 bits per heavy atom. The van der Waals surface area contributed by atoms with Crippen LogP contribution in [-0.2, 0) is 21.2 Å². The molecule has 2 aliphatic heterocycles. The van der Waals surface area contributed by atoms with Crippen molar-refractivity contribution in [1.82, 2.24) is 25.0 Å². The van der Waals surface area contributed by atoms with Crippen LogP contribution in [0, 0.1) is 11.7 Å². The zero-order valence-electron chi connectivity index (χ0n) is 16.3. The standard InChI is InChI=1S/C19H25N5O3S2/c1-13-4-6-14(7-5-13)18-21-22-19(28)24(18)10-17(25)20-15-11-29(26,27)12-16(15)23-8-2-3-9-23/h4-7,15-16H,2-3,8-12H2,1H3,(H,20,25)(H,22,28). The number of aromatic nitrogens is 3. The SMILES string of the molecule is Cc1ccc(-c2n[nH]c(=S)n2CC(=O)NC2CS(=O)(=O)CC2N2CCCC2)cc1. The molecule has 1 aromatic carbocycles. The summed E-state index contributed by atoms with van der Waals surface area (Å²) in [5, 5.41) is 9.96. The van der Waals surface area contributed by atoms with Gasteiger partial charge in [-0.25, -0.2) is 8.42 Å². The smallest absolute Gasteiger partial charge is 0.240 e. The van der Waals surface area contributed by atoms with Crippen LogP contribution in [0.4, 0.5) is 0 Å². The molecule has 2 N–H and O–H groups in total. The van der Waals surface area contributed by atoms with Gasteiger partial charge in [0.15, 0.2) is 20.4 Å². The second-order valence-corrected chi connectivity index (χ2v) is 10.4. The molecule has 2 aliphatic rings. The van der Waals surface area contributed by atoms with E-state index in [1.54, 1.807) is 4.57 Å². The number of likely N-dealkylation sites (tertiary alicyclic amines) is 1. The van der Waals surface area contributed by atoms with E-state index in [0.717, 1.165) is 37.1 Å². The number of hydrogen-bond acceptors (Lipinski definition) is 6. The van der Waals surface area contributed by atoms with Gasteiger partial charge in [-0.3, -0.25) is 19.4 Å². The summed E-state index contributed by atoms with van der Waals surface area (Å²) in [7, 11) is -3.16. The van der Waals surface area contributed by atoms with Crippen molar-refractivity contribution in [1.29, 1.82) is 0 Å². The third-order valence-corrected chi connectivity index (χ3v) is 7.68. The average molecular weight is 436 g/mol. The van der Waals surface area contributed by atoms with Gasteiger partial charge in [0.25, 0.3) is 0 Å². The maximum absolute atomic E-state index is 12.8. The highest BCUT2D eigenvalue weighted by Crippen LogP contribution is 2.23. The van der Waals surface area contributed by atoms with E-state index in [1.807, 2.05) is 31.2 Å². The second kappa shape index (κ2) is 8.00. The summed E-state index contributed by atoms with van der Waals surface area (Å²) >= 11 is 5.31. The first-order valence-electron chi connectivity index (χ1n) is 9.78. The molecule has 10 heteroatoms. The minimum absolute atomic E-state index is 0.0121. The molecular formula is C19H25N5O3S2. The molecule has 8 nitrogen and oxygen atoms in total. The fraction of sp³-hybridized carbons (Fsp3) is 0.526. The number of nitrogens with one attached hydrogen (secondary N) is 2. The van der Waals surface area contributed by atoms with Crippen LogP contribution in [0.2, 0.25) is 0 Å². The van der Waals surface area contributed by atoms with Gasteiger partial charge in [-0.2, -0.15) is 5.10 Å². The molecule has 0 bridgehead atoms. The summed E-state index contributed by atoms with van der Waals surface area (Å²) in [6.07, 6.45) is 2.14. The lowest BCUT2D eigenvalue weighted by Crippen LogP contribution is -2.50. The Balaban J connectivity index is 1.50. The Hall–Kier alpha value is -2.04. The minimum atomic E-state index is -3.16. The Morgan fingerprint density at radius 2 is 1.93 bits per heavy atom. The van der Waals surface area contributed by atoms with Crippen LogP contribution in [0.1, 0.15) is 18.4 Å². The van der Waals surface area contributed by atoms with E-state index in [9.17, 15) is 13.2 Å². The van der Waals surface area contributed by atoms with Crippen molar-refractivity contribution in [2.75, 3.05) is 24.6 Å². The van der Waals surface area contributed by atoms with Crippen molar-refractivity contribution in [2.24, 2.45) is 0 Å². The predicted octanol–water partition coefficient (Wildman–Crippen LogP) is 1.29. The van der Waals surface area contributed by atoms with Gasteiger partial charge in [0.1, 0.15) is 6.54 Å². The van der Waals surface area contributed by atoms with E-state index in [0.29, 0.717) is 10.6 Å². The van der Waals surface area contributed by atoms with E-state index in [-0.39, 0.29) is 30.0 Å². The van der Waals surface area contributed by atoms with E-state index in [4.69, 9.17) is 12.2 Å². The molecule has 156 valence electrons. The predicted molar refractivity (Wildman–Crippen MR) is 113 cm³/mol. The number of carbonyl (C=O) groups is 1. The van der Waals surface area contributed by atoms with Gasteiger partial charge in [-0.1, -0.05) is 29.8 Å². The van der Waals surface area contributed by atoms with E-state index in [1.165, 1.54) is 0 Å². The molecular weight excluding hydrogens is 410 g/mol. The summed E-state index contributed by atoms with van der Waals surface area (Å²) in [6.45, 7) is 3.76. The quantitative estimate of drug-likeness (QED) is 0.687. The zero-order chi connectivity index (χ0) is 20.6. The number of carbonyl (C=O) groups excluding carboxylic acids is 1. The molecule has 2 fully saturated rings. The minimum Gasteiger partial charge on any atom is -0.349 e. The monoisotopic (exact) mass is 435 g/mol. The molecule has 0 radical (unpaired) electrons. The van der Waals surface area contributed by atoms with E-state index in [2.05, 4.69) is 20.4 Å². The van der Waals surface area contributed by atoms with Crippen LogP contribution in [-0.4, -0.2) is 70.7 Å². The van der Waals surface area contributed by atoms with Gasteiger partial charge < -0.3 is 5.32 Å². The highest BCUT2D eigenvalue weighted by molar-refractivity contribution is 7.91. The van der Waals surface area contributed by atoms with Crippen molar-refractivity contribution >= 4 is 28.0 Å². The number of nitrogens with zero attached hydrogens (tertiary/aromatic N) is 3. The normalized spacial score (nSPS) is 24.0. The lowest BCUT2D eigenvalue weighted by Gasteiger charge is -2.28. The molecule has 1 aromatic heterocycles. The molecule has 0 saturated carbocycles. The van der Waals surface area contributed by atoms with Gasteiger partial charge in [0, 0.05) is 11.6 Å². The fourth-order valence-electron chi connectivity index (χ4n) is 4.18. The fourth-order valence-corrected chi connectivity index (χ4v) is 6.33. The Bertz CT molecular complexity index is 1050. The summed E-state index contributed by atoms with van der Waals surface area (Å²) < 4.78 is 26.4. The first kappa shape index (κ1) is 20.2. The molecule has 1 amide bonds. The topological polar surface area (TPSA) is 100 Å². The van der Waals surface area contributed by atoms with Gasteiger partial charge in [0.05, 0.1) is 17.5 Å². The molecule has 0 spiro atoms. The number of benzene rings is 1. The number of H-pyrrole nitrogens is 1. The molecule has 2 unspecified atom stereocenters. The van der Waals surface area contributed by atoms with E-state index < -0.39 is 15.9 Å². The number of sulfone groups is 1. The first-order chi connectivity index (χ1) is 13.8. The van der Waals surface area contributed by atoms with Crippen LogP contribution in [0.5, 0.6) is 0 Å². The molecule has 3 heterocycles. The third-order valence-electron chi connectivity index (χ3n) is 5.65. The lowest BCUT2D eigenvalue weighted by molar-refractivity contribution is -0.122. The van der Waals surface area contributed by atoms with E-state index >= 15 is 0 Å². The maximum atomic E-state index is 12.8. The van der Waals surface area contributed by atoms with Crippen LogP contribution in [0.25, 0.3) is 11.4 Å². The number of amides is 1. The summed E-state index contributed by atoms with van der Waals surface area (Å²) in [4.78, 5) is 15.0. The number of hydrogen-bond donors (Lipinski definition) is 2. The van der Waals surface area contributed by atoms with Gasteiger partial charge in [-0.05, 0) is 45.1 Å². The number of aromatic amines is 1. The van der Waals surface area contributed by atoms with Crippen molar-refractivity contribution in [3.05, 3.63) is 34.6 Å². The summed E-state index contributed by atoms with van der Waals surface area (Å²) in [5.74, 6) is 0.418. The Morgan fingerprint density at radius 1 is 1.24 bits per heavy atom. The largest absolute Gasteiger partial charge is 0.349 e. The Labute approximate surface area is 175 Å². The Kier molecular flexibility index (Phi) is 5.58. The molecule has 2 saturated heterocycles. The molecule has 2 aromatic rings. The van der Waals surface area contributed by atoms with Crippen molar-refractivity contribution in [3.63, 3.8) is 0 Å². The summed E-state index contributed by atoms with van der Waals surface area (Å²) in [5.41, 5.74) is 1.98. The number of rotatable bonds is 5. The molecule has 29 heavy (non-hydrogen) atoms. The van der Waals surface area contributed by atoms with Crippen molar-refractivity contribution in [2.45, 2.75) is 38.4 Å². The van der Waals surface area contributed by atoms with Crippen molar-refractivity contribution in [3.8, 4) is 11.4 Å². The van der Waals surface area contributed by atoms with Crippen LogP contribution in [0.15, 0.2) is 24.3 Å². The van der Waals surface area contributed by atoms with Crippen molar-refractivity contribution < 1.29 is 13.2 Å². The molecule has 0 aliphatic carbocycles. The highest BCUT2D eigenvalue weighted by Gasteiger charge is 2.42. The molecule has 2 atom stereocenters.